The van der Waals surface area contributed by atoms with Crippen molar-refractivity contribution in [1.82, 2.24) is 10.3 Å². The molecule has 1 saturated carbocycles. The van der Waals surface area contributed by atoms with Gasteiger partial charge in [-0.25, -0.2) is 14.6 Å². The quantitative estimate of drug-likeness (QED) is 0.402. The molecule has 1 N–H and O–H groups in total. The van der Waals surface area contributed by atoms with Crippen LogP contribution in [-0.2, 0) is 20.9 Å². The van der Waals surface area contributed by atoms with E-state index in [-0.39, 0.29) is 23.6 Å². The Kier molecular flexibility index (Phi) is 8.70. The van der Waals surface area contributed by atoms with Crippen molar-refractivity contribution in [2.75, 3.05) is 12.0 Å². The molecule has 216 valence electrons. The van der Waals surface area contributed by atoms with Crippen LogP contribution in [0.4, 0.5) is 28.6 Å². The molecule has 1 aliphatic rings. The lowest BCUT2D eigenvalue weighted by Gasteiger charge is -2.20. The number of nitrogens with zero attached hydrogens (tertiary/aromatic N) is 3. The molecule has 4 amide bonds. The van der Waals surface area contributed by atoms with Crippen molar-refractivity contribution in [3.8, 4) is 22.9 Å². The number of alkyl carbamates (subject to hydrolysis) is 1. The molecule has 1 aromatic heterocycles. The number of amides is 4. The SMILES string of the molecule is COC(=O)N(C(=O)C1CC1)c1cc(-c2ccc(OC(F)(F)F)cc2)cc(C(=O)NC(=O)OCc2ccc(C#N)cc2)n1. The van der Waals surface area contributed by atoms with E-state index >= 15 is 0 Å². The minimum absolute atomic E-state index is 0.173. The summed E-state index contributed by atoms with van der Waals surface area (Å²) in [5.41, 5.74) is 0.987. The van der Waals surface area contributed by atoms with Crippen molar-refractivity contribution in [2.45, 2.75) is 25.8 Å². The summed E-state index contributed by atoms with van der Waals surface area (Å²) in [5.74, 6) is -2.92. The highest BCUT2D eigenvalue weighted by atomic mass is 19.4. The standard InChI is InChI=1S/C28H21F3N4O7/c1-40-27(39)35(25(37)19-6-7-19)23-13-20(18-8-10-21(11-9-18)42-28(29,30)31)12-22(33-23)24(36)34-26(38)41-15-17-4-2-16(14-32)3-5-17/h2-5,8-13,19H,6-7,15H2,1H3,(H,34,36,38). The second-order valence-electron chi connectivity index (χ2n) is 8.93. The lowest BCUT2D eigenvalue weighted by molar-refractivity contribution is -0.274. The van der Waals surface area contributed by atoms with Gasteiger partial charge < -0.3 is 14.2 Å². The Balaban J connectivity index is 1.62. The zero-order valence-corrected chi connectivity index (χ0v) is 21.8. The van der Waals surface area contributed by atoms with Crippen LogP contribution in [0.15, 0.2) is 60.7 Å². The predicted molar refractivity (Wildman–Crippen MR) is 138 cm³/mol. The van der Waals surface area contributed by atoms with Crippen molar-refractivity contribution in [3.63, 3.8) is 0 Å². The van der Waals surface area contributed by atoms with Gasteiger partial charge in [-0.15, -0.1) is 13.2 Å². The third-order valence-corrected chi connectivity index (χ3v) is 5.87. The zero-order valence-electron chi connectivity index (χ0n) is 21.8. The summed E-state index contributed by atoms with van der Waals surface area (Å²) in [6, 6.07) is 15.2. The van der Waals surface area contributed by atoms with E-state index < -0.39 is 47.7 Å². The van der Waals surface area contributed by atoms with Crippen LogP contribution in [0.2, 0.25) is 0 Å². The highest BCUT2D eigenvalue weighted by molar-refractivity contribution is 6.13. The maximum absolute atomic E-state index is 13.0. The highest BCUT2D eigenvalue weighted by Gasteiger charge is 2.39. The number of ether oxygens (including phenoxy) is 3. The predicted octanol–water partition coefficient (Wildman–Crippen LogP) is 5.09. The number of aromatic nitrogens is 1. The number of nitrogens with one attached hydrogen (secondary N) is 1. The number of hydrogen-bond acceptors (Lipinski definition) is 9. The van der Waals surface area contributed by atoms with E-state index in [0.717, 1.165) is 19.2 Å². The fraction of sp³-hybridized carbons (Fsp3) is 0.214. The molecule has 11 nitrogen and oxygen atoms in total. The average Bonchev–Trinajstić information content (AvgIpc) is 3.81. The number of hydrogen-bond donors (Lipinski definition) is 1. The third-order valence-electron chi connectivity index (χ3n) is 5.87. The average molecular weight is 582 g/mol. The molecule has 3 aromatic rings. The Morgan fingerprint density at radius 1 is 1.02 bits per heavy atom. The van der Waals surface area contributed by atoms with Crippen LogP contribution in [0.1, 0.15) is 34.5 Å². The number of methoxy groups -OCH3 is 1. The molecule has 1 fully saturated rings. The van der Waals surface area contributed by atoms with Crippen LogP contribution < -0.4 is 15.0 Å². The molecule has 4 rings (SSSR count). The van der Waals surface area contributed by atoms with Gasteiger partial charge in [-0.2, -0.15) is 10.2 Å². The Labute approximate surface area is 236 Å². The molecule has 0 radical (unpaired) electrons. The van der Waals surface area contributed by atoms with Crippen LogP contribution in [-0.4, -0.2) is 42.5 Å². The second kappa shape index (κ2) is 12.4. The lowest BCUT2D eigenvalue weighted by atomic mass is 10.0. The number of nitriles is 1. The fourth-order valence-electron chi connectivity index (χ4n) is 3.68. The summed E-state index contributed by atoms with van der Waals surface area (Å²) in [4.78, 5) is 55.6. The van der Waals surface area contributed by atoms with Crippen LogP contribution in [0, 0.1) is 17.2 Å². The summed E-state index contributed by atoms with van der Waals surface area (Å²) >= 11 is 0. The van der Waals surface area contributed by atoms with E-state index in [1.807, 2.05) is 11.4 Å². The van der Waals surface area contributed by atoms with Gasteiger partial charge in [0.25, 0.3) is 5.91 Å². The van der Waals surface area contributed by atoms with Crippen LogP contribution in [0.5, 0.6) is 5.75 Å². The Bertz CT molecular complexity index is 1550. The number of carbonyl (C=O) groups excluding carboxylic acids is 4. The maximum atomic E-state index is 13.0. The molecular weight excluding hydrogens is 561 g/mol. The van der Waals surface area contributed by atoms with Gasteiger partial charge in [0.05, 0.1) is 18.7 Å². The summed E-state index contributed by atoms with van der Waals surface area (Å²) in [7, 11) is 1.05. The smallest absolute Gasteiger partial charge is 0.452 e. The first-order chi connectivity index (χ1) is 20.0. The normalized spacial score (nSPS) is 12.5. The number of halogens is 3. The van der Waals surface area contributed by atoms with E-state index in [2.05, 4.69) is 9.72 Å². The third kappa shape index (κ3) is 7.60. The zero-order chi connectivity index (χ0) is 30.4. The van der Waals surface area contributed by atoms with E-state index in [4.69, 9.17) is 14.7 Å². The minimum atomic E-state index is -4.91. The molecule has 2 aromatic carbocycles. The molecule has 0 atom stereocenters. The van der Waals surface area contributed by atoms with Crippen molar-refractivity contribution >= 4 is 29.8 Å². The molecule has 0 spiro atoms. The number of alkyl halides is 3. The van der Waals surface area contributed by atoms with Crippen LogP contribution in [0.3, 0.4) is 0 Å². The largest absolute Gasteiger partial charge is 0.573 e. The molecule has 0 unspecified atom stereocenters. The van der Waals surface area contributed by atoms with E-state index in [9.17, 15) is 32.3 Å². The molecule has 14 heteroatoms. The monoisotopic (exact) mass is 582 g/mol. The van der Waals surface area contributed by atoms with Gasteiger partial charge >= 0.3 is 18.5 Å². The first kappa shape index (κ1) is 29.5. The minimum Gasteiger partial charge on any atom is -0.452 e. The van der Waals surface area contributed by atoms with Gasteiger partial charge in [0.15, 0.2) is 0 Å². The fourth-order valence-corrected chi connectivity index (χ4v) is 3.68. The lowest BCUT2D eigenvalue weighted by Crippen LogP contribution is -2.39. The molecule has 1 aliphatic carbocycles. The number of rotatable bonds is 7. The first-order valence-electron chi connectivity index (χ1n) is 12.2. The van der Waals surface area contributed by atoms with Crippen LogP contribution in [0.25, 0.3) is 11.1 Å². The number of imide groups is 2. The van der Waals surface area contributed by atoms with E-state index in [1.54, 1.807) is 12.1 Å². The van der Waals surface area contributed by atoms with Gasteiger partial charge in [0, 0.05) is 5.92 Å². The number of carbonyl (C=O) groups is 4. The number of benzene rings is 2. The molecule has 0 bridgehead atoms. The summed E-state index contributed by atoms with van der Waals surface area (Å²) in [5, 5.41) is 10.9. The summed E-state index contributed by atoms with van der Waals surface area (Å²) in [6.07, 6.45) is -6.05. The maximum Gasteiger partial charge on any atom is 0.573 e. The molecule has 42 heavy (non-hydrogen) atoms. The van der Waals surface area contributed by atoms with Crippen molar-refractivity contribution in [2.24, 2.45) is 5.92 Å². The molecule has 0 aliphatic heterocycles. The summed E-state index contributed by atoms with van der Waals surface area (Å²) < 4.78 is 51.4. The van der Waals surface area contributed by atoms with Gasteiger partial charge in [0.1, 0.15) is 23.9 Å². The van der Waals surface area contributed by atoms with Crippen molar-refractivity contribution in [1.29, 1.82) is 5.26 Å². The molecule has 1 heterocycles. The number of anilines is 1. The second-order valence-corrected chi connectivity index (χ2v) is 8.93. The van der Waals surface area contributed by atoms with E-state index in [0.29, 0.717) is 28.9 Å². The van der Waals surface area contributed by atoms with Crippen LogP contribution >= 0.6 is 0 Å². The van der Waals surface area contributed by atoms with Crippen molar-refractivity contribution < 1.29 is 46.6 Å². The van der Waals surface area contributed by atoms with Gasteiger partial charge in [-0.05, 0) is 65.9 Å². The summed E-state index contributed by atoms with van der Waals surface area (Å²) in [6.45, 7) is -0.220. The van der Waals surface area contributed by atoms with Gasteiger partial charge in [-0.1, -0.05) is 24.3 Å². The topological polar surface area (TPSA) is 148 Å². The van der Waals surface area contributed by atoms with Gasteiger partial charge in [-0.3, -0.25) is 14.9 Å². The Hall–Kier alpha value is -5.45. The highest BCUT2D eigenvalue weighted by Crippen LogP contribution is 2.34. The Morgan fingerprint density at radius 3 is 2.26 bits per heavy atom. The first-order valence-corrected chi connectivity index (χ1v) is 12.2. The van der Waals surface area contributed by atoms with Crippen molar-refractivity contribution in [3.05, 3.63) is 77.5 Å². The van der Waals surface area contributed by atoms with Gasteiger partial charge in [0.2, 0.25) is 5.91 Å². The Morgan fingerprint density at radius 2 is 1.69 bits per heavy atom. The number of pyridine rings is 1. The van der Waals surface area contributed by atoms with E-state index in [1.165, 1.54) is 36.4 Å². The molecule has 0 saturated heterocycles. The molecular formula is C28H21F3N4O7.